The second-order valence-corrected chi connectivity index (χ2v) is 5.46. The van der Waals surface area contributed by atoms with Gasteiger partial charge in [0.15, 0.2) is 5.60 Å². The first-order valence-electron chi connectivity index (χ1n) is 4.08. The molecule has 1 saturated heterocycles. The summed E-state index contributed by atoms with van der Waals surface area (Å²) in [6.45, 7) is 1.55. The lowest BCUT2D eigenvalue weighted by Crippen LogP contribution is -2.55. The van der Waals surface area contributed by atoms with Crippen LogP contribution in [0.4, 0.5) is 0 Å². The molecule has 1 rings (SSSR count). The Kier molecular flexibility index (Phi) is 2.84. The molecular weight excluding hydrogens is 210 g/mol. The number of hydrogen-bond donors (Lipinski definition) is 1. The summed E-state index contributed by atoms with van der Waals surface area (Å²) in [7, 11) is -3.34. The maximum atomic E-state index is 11.2. The van der Waals surface area contributed by atoms with Gasteiger partial charge in [0, 0.05) is 6.54 Å². The van der Waals surface area contributed by atoms with Gasteiger partial charge in [-0.2, -0.15) is 4.31 Å². The van der Waals surface area contributed by atoms with Crippen molar-refractivity contribution in [2.75, 3.05) is 26.0 Å². The summed E-state index contributed by atoms with van der Waals surface area (Å²) in [5, 5.41) is 8.83. The van der Waals surface area contributed by atoms with Crippen LogP contribution in [-0.2, 0) is 19.6 Å². The fraction of sp³-hybridized carbons (Fsp3) is 0.857. The Morgan fingerprint density at radius 3 is 2.57 bits per heavy atom. The molecule has 0 bridgehead atoms. The maximum absolute atomic E-state index is 11.2. The molecule has 1 aliphatic rings. The van der Waals surface area contributed by atoms with Crippen molar-refractivity contribution in [2.24, 2.45) is 0 Å². The van der Waals surface area contributed by atoms with Crippen molar-refractivity contribution in [3.8, 4) is 0 Å². The minimum Gasteiger partial charge on any atom is -0.479 e. The number of nitrogens with zero attached hydrogens (tertiary/aromatic N) is 1. The minimum atomic E-state index is -3.34. The highest BCUT2D eigenvalue weighted by molar-refractivity contribution is 7.88. The van der Waals surface area contributed by atoms with Crippen LogP contribution in [0, 0.1) is 0 Å². The summed E-state index contributed by atoms with van der Waals surface area (Å²) in [5.74, 6) is -1.15. The van der Waals surface area contributed by atoms with Gasteiger partial charge in [-0.1, -0.05) is 0 Å². The zero-order chi connectivity index (χ0) is 11.0. The van der Waals surface area contributed by atoms with Crippen molar-refractivity contribution in [1.29, 1.82) is 0 Å². The van der Waals surface area contributed by atoms with Gasteiger partial charge in [0.05, 0.1) is 19.4 Å². The molecule has 0 aromatic heterocycles. The third-order valence-corrected chi connectivity index (χ3v) is 3.41. The third-order valence-electron chi connectivity index (χ3n) is 2.16. The van der Waals surface area contributed by atoms with Crippen LogP contribution in [0.25, 0.3) is 0 Å². The molecule has 0 unspecified atom stereocenters. The lowest BCUT2D eigenvalue weighted by atomic mass is 10.1. The van der Waals surface area contributed by atoms with Crippen molar-refractivity contribution in [1.82, 2.24) is 4.31 Å². The number of carboxylic acids is 1. The Morgan fingerprint density at radius 2 is 2.14 bits per heavy atom. The predicted molar refractivity (Wildman–Crippen MR) is 48.4 cm³/mol. The molecule has 1 aliphatic heterocycles. The zero-order valence-electron chi connectivity index (χ0n) is 8.06. The number of ether oxygens (including phenoxy) is 1. The van der Waals surface area contributed by atoms with E-state index in [4.69, 9.17) is 9.84 Å². The lowest BCUT2D eigenvalue weighted by molar-refractivity contribution is -0.170. The molecule has 0 amide bonds. The normalized spacial score (nSPS) is 30.1. The first kappa shape index (κ1) is 11.4. The van der Waals surface area contributed by atoms with E-state index in [0.717, 1.165) is 10.6 Å². The summed E-state index contributed by atoms with van der Waals surface area (Å²) in [5.41, 5.74) is -1.43. The third kappa shape index (κ3) is 2.23. The SMILES string of the molecule is C[C@]1(C(=O)O)CN(S(C)(=O)=O)CCO1. The summed E-state index contributed by atoms with van der Waals surface area (Å²) < 4.78 is 28.5. The summed E-state index contributed by atoms with van der Waals surface area (Å²) >= 11 is 0. The molecule has 0 radical (unpaired) electrons. The molecule has 0 spiro atoms. The number of morpholine rings is 1. The van der Waals surface area contributed by atoms with Crippen LogP contribution in [0.15, 0.2) is 0 Å². The van der Waals surface area contributed by atoms with Crippen LogP contribution < -0.4 is 0 Å². The molecule has 1 N–H and O–H groups in total. The van der Waals surface area contributed by atoms with Crippen molar-refractivity contribution in [3.63, 3.8) is 0 Å². The quantitative estimate of drug-likeness (QED) is 0.657. The van der Waals surface area contributed by atoms with Gasteiger partial charge in [-0.25, -0.2) is 13.2 Å². The van der Waals surface area contributed by atoms with E-state index in [0.29, 0.717) is 0 Å². The number of aliphatic carboxylic acids is 1. The number of hydrogen-bond acceptors (Lipinski definition) is 4. The molecule has 6 nitrogen and oxygen atoms in total. The second-order valence-electron chi connectivity index (χ2n) is 3.48. The van der Waals surface area contributed by atoms with Gasteiger partial charge in [-0.15, -0.1) is 0 Å². The topological polar surface area (TPSA) is 83.9 Å². The van der Waals surface area contributed by atoms with Gasteiger partial charge in [-0.3, -0.25) is 0 Å². The molecule has 1 atom stereocenters. The van der Waals surface area contributed by atoms with Gasteiger partial charge in [-0.05, 0) is 6.92 Å². The fourth-order valence-electron chi connectivity index (χ4n) is 1.25. The van der Waals surface area contributed by atoms with Crippen molar-refractivity contribution in [2.45, 2.75) is 12.5 Å². The molecule has 1 heterocycles. The van der Waals surface area contributed by atoms with E-state index in [1.165, 1.54) is 6.92 Å². The molecule has 0 aliphatic carbocycles. The molecule has 82 valence electrons. The molecule has 0 saturated carbocycles. The van der Waals surface area contributed by atoms with Crippen LogP contribution in [0.5, 0.6) is 0 Å². The Hall–Kier alpha value is -0.660. The van der Waals surface area contributed by atoms with Crippen LogP contribution >= 0.6 is 0 Å². The number of carbonyl (C=O) groups is 1. The molecule has 0 aromatic carbocycles. The average Bonchev–Trinajstić information content (AvgIpc) is 2.02. The largest absolute Gasteiger partial charge is 0.479 e. The standard InChI is InChI=1S/C7H13NO5S/c1-7(6(9)10)5-8(3-4-13-7)14(2,11)12/h3-5H2,1-2H3,(H,9,10)/t7-/m1/s1. The maximum Gasteiger partial charge on any atom is 0.337 e. The highest BCUT2D eigenvalue weighted by Gasteiger charge is 2.41. The fourth-order valence-corrected chi connectivity index (χ4v) is 2.13. The van der Waals surface area contributed by atoms with E-state index in [-0.39, 0.29) is 19.7 Å². The Bertz CT molecular complexity index is 338. The minimum absolute atomic E-state index is 0.107. The van der Waals surface area contributed by atoms with Gasteiger partial charge in [0.2, 0.25) is 10.0 Å². The molecule has 7 heteroatoms. The van der Waals surface area contributed by atoms with Crippen LogP contribution in [0.2, 0.25) is 0 Å². The number of rotatable bonds is 2. The summed E-state index contributed by atoms with van der Waals surface area (Å²) in [6, 6.07) is 0. The predicted octanol–water partition coefficient (Wildman–Crippen LogP) is -0.878. The van der Waals surface area contributed by atoms with E-state index >= 15 is 0 Å². The van der Waals surface area contributed by atoms with Gasteiger partial charge in [0.25, 0.3) is 0 Å². The average molecular weight is 223 g/mol. The lowest BCUT2D eigenvalue weighted by Gasteiger charge is -2.35. The number of sulfonamides is 1. The van der Waals surface area contributed by atoms with Crippen molar-refractivity contribution in [3.05, 3.63) is 0 Å². The van der Waals surface area contributed by atoms with Crippen molar-refractivity contribution >= 4 is 16.0 Å². The van der Waals surface area contributed by atoms with E-state index in [9.17, 15) is 13.2 Å². The first-order chi connectivity index (χ1) is 6.26. The summed E-state index contributed by atoms with van der Waals surface area (Å²) in [4.78, 5) is 10.8. The Morgan fingerprint density at radius 1 is 1.57 bits per heavy atom. The molecule has 0 aromatic rings. The van der Waals surface area contributed by atoms with Crippen LogP contribution in [0.3, 0.4) is 0 Å². The van der Waals surface area contributed by atoms with E-state index < -0.39 is 21.6 Å². The van der Waals surface area contributed by atoms with E-state index in [2.05, 4.69) is 0 Å². The Balaban J connectivity index is 2.85. The smallest absolute Gasteiger partial charge is 0.337 e. The molecular formula is C7H13NO5S. The van der Waals surface area contributed by atoms with E-state index in [1.54, 1.807) is 0 Å². The highest BCUT2D eigenvalue weighted by Crippen LogP contribution is 2.19. The van der Waals surface area contributed by atoms with Crippen molar-refractivity contribution < 1.29 is 23.1 Å². The Labute approximate surface area is 82.5 Å². The van der Waals surface area contributed by atoms with Gasteiger partial charge < -0.3 is 9.84 Å². The molecule has 14 heavy (non-hydrogen) atoms. The zero-order valence-corrected chi connectivity index (χ0v) is 8.87. The van der Waals surface area contributed by atoms with Gasteiger partial charge in [0.1, 0.15) is 0 Å². The van der Waals surface area contributed by atoms with Crippen LogP contribution in [-0.4, -0.2) is 55.4 Å². The second kappa shape index (κ2) is 3.48. The number of carboxylic acid groups (broad SMARTS) is 1. The highest BCUT2D eigenvalue weighted by atomic mass is 32.2. The van der Waals surface area contributed by atoms with Crippen LogP contribution in [0.1, 0.15) is 6.92 Å². The van der Waals surface area contributed by atoms with E-state index in [1.807, 2.05) is 0 Å². The van der Waals surface area contributed by atoms with Gasteiger partial charge >= 0.3 is 5.97 Å². The molecule has 1 fully saturated rings. The monoisotopic (exact) mass is 223 g/mol. The summed E-state index contributed by atoms with van der Waals surface area (Å²) in [6.07, 6.45) is 1.06. The first-order valence-corrected chi connectivity index (χ1v) is 5.93.